The van der Waals surface area contributed by atoms with Crippen LogP contribution in [0.1, 0.15) is 29.0 Å². The van der Waals surface area contributed by atoms with Crippen molar-refractivity contribution in [1.29, 1.82) is 0 Å². The fourth-order valence-electron chi connectivity index (χ4n) is 4.44. The maximum atomic E-state index is 13.8. The maximum absolute atomic E-state index is 13.8. The number of hydrogen-bond donors (Lipinski definition) is 0. The van der Waals surface area contributed by atoms with Gasteiger partial charge < -0.3 is 18.9 Å². The number of methoxy groups -OCH3 is 3. The summed E-state index contributed by atoms with van der Waals surface area (Å²) in [6, 6.07) is 16.2. The number of carbonyl (C=O) groups excluding carboxylic acids is 1. The van der Waals surface area contributed by atoms with Crippen LogP contribution in [0.5, 0.6) is 17.2 Å². The van der Waals surface area contributed by atoms with Crippen molar-refractivity contribution in [3.05, 3.63) is 107 Å². The lowest BCUT2D eigenvalue weighted by Crippen LogP contribution is -2.39. The number of ether oxygens (including phenoxy) is 4. The van der Waals surface area contributed by atoms with E-state index >= 15 is 0 Å². The lowest BCUT2D eigenvalue weighted by molar-refractivity contribution is -0.140. The third-order valence-corrected chi connectivity index (χ3v) is 8.16. The highest BCUT2D eigenvalue weighted by Crippen LogP contribution is 2.38. The average molecular weight is 563 g/mol. The largest absolute Gasteiger partial charge is 0.493 e. The van der Waals surface area contributed by atoms with Gasteiger partial charge in [-0.25, -0.2) is 9.79 Å². The molecule has 5 rings (SSSR count). The number of allylic oxidation sites excluding steroid dienone is 1. The van der Waals surface area contributed by atoms with Crippen LogP contribution in [0.3, 0.4) is 0 Å². The Labute approximate surface area is 232 Å². The lowest BCUT2D eigenvalue weighted by atomic mass is 10.0. The third-order valence-electron chi connectivity index (χ3n) is 6.25. The molecule has 1 aliphatic rings. The summed E-state index contributed by atoms with van der Waals surface area (Å²) in [6.07, 6.45) is 1.76. The predicted octanol–water partition coefficient (Wildman–Crippen LogP) is 4.07. The maximum Gasteiger partial charge on any atom is 0.338 e. The Morgan fingerprint density at radius 3 is 2.36 bits per heavy atom. The lowest BCUT2D eigenvalue weighted by Gasteiger charge is -2.23. The van der Waals surface area contributed by atoms with E-state index in [-0.39, 0.29) is 12.2 Å². The highest BCUT2D eigenvalue weighted by atomic mass is 32.1. The minimum atomic E-state index is -0.647. The van der Waals surface area contributed by atoms with Gasteiger partial charge in [-0.15, -0.1) is 11.3 Å². The zero-order valence-corrected chi connectivity index (χ0v) is 23.4. The molecule has 1 atom stereocenters. The van der Waals surface area contributed by atoms with Crippen molar-refractivity contribution in [2.45, 2.75) is 19.6 Å². The zero-order chi connectivity index (χ0) is 27.5. The molecule has 0 aliphatic carbocycles. The number of carbonyl (C=O) groups is 1. The normalized spacial score (nSPS) is 15.0. The van der Waals surface area contributed by atoms with Crippen LogP contribution < -0.4 is 29.1 Å². The minimum Gasteiger partial charge on any atom is -0.493 e. The van der Waals surface area contributed by atoms with Gasteiger partial charge in [0, 0.05) is 4.88 Å². The van der Waals surface area contributed by atoms with Crippen molar-refractivity contribution in [2.75, 3.05) is 21.3 Å². The summed E-state index contributed by atoms with van der Waals surface area (Å²) in [5, 5.41) is 1.92. The fraction of sp³-hybridized carbons (Fsp3) is 0.207. The number of aromatic nitrogens is 1. The van der Waals surface area contributed by atoms with Crippen molar-refractivity contribution in [2.24, 2.45) is 4.99 Å². The van der Waals surface area contributed by atoms with Crippen LogP contribution in [-0.2, 0) is 16.1 Å². The Kier molecular flexibility index (Phi) is 7.67. The van der Waals surface area contributed by atoms with Crippen molar-refractivity contribution in [1.82, 2.24) is 4.57 Å². The summed E-state index contributed by atoms with van der Waals surface area (Å²) in [6.45, 7) is 1.90. The topological polar surface area (TPSA) is 88.4 Å². The van der Waals surface area contributed by atoms with E-state index in [1.54, 1.807) is 29.7 Å². The monoisotopic (exact) mass is 562 g/mol. The van der Waals surface area contributed by atoms with Gasteiger partial charge in [0.25, 0.3) is 5.56 Å². The molecule has 0 fully saturated rings. The molecule has 4 aromatic rings. The van der Waals surface area contributed by atoms with Gasteiger partial charge in [0.1, 0.15) is 12.6 Å². The molecule has 3 heterocycles. The van der Waals surface area contributed by atoms with Crippen molar-refractivity contribution >= 4 is 34.7 Å². The van der Waals surface area contributed by atoms with Gasteiger partial charge in [0.2, 0.25) is 5.75 Å². The fourth-order valence-corrected chi connectivity index (χ4v) is 6.31. The molecule has 2 aromatic heterocycles. The van der Waals surface area contributed by atoms with Crippen LogP contribution in [-0.4, -0.2) is 31.9 Å². The first-order chi connectivity index (χ1) is 18.9. The molecule has 200 valence electrons. The molecule has 0 N–H and O–H groups in total. The standard InChI is InChI=1S/C29H26N2O6S2/c1-17-24(28(33)37-16-18-9-6-5-7-10-18)25(22-11-8-12-38-22)31-27(32)23(39-29(31)30-17)15-19-13-20(34-2)26(36-4)21(14-19)35-3/h5-15,25H,16H2,1-4H3/b23-15+/t25-/m0/s1. The molecule has 39 heavy (non-hydrogen) atoms. The van der Waals surface area contributed by atoms with Gasteiger partial charge in [-0.1, -0.05) is 47.7 Å². The van der Waals surface area contributed by atoms with Crippen molar-refractivity contribution in [3.8, 4) is 17.2 Å². The second-order valence-corrected chi connectivity index (χ2v) is 10.6. The number of hydrogen-bond acceptors (Lipinski definition) is 9. The highest BCUT2D eigenvalue weighted by molar-refractivity contribution is 7.10. The minimum absolute atomic E-state index is 0.124. The Hall–Kier alpha value is -4.15. The van der Waals surface area contributed by atoms with Crippen LogP contribution >= 0.6 is 22.7 Å². The molecule has 0 amide bonds. The van der Waals surface area contributed by atoms with E-state index in [2.05, 4.69) is 4.99 Å². The Morgan fingerprint density at radius 1 is 1.03 bits per heavy atom. The smallest absolute Gasteiger partial charge is 0.338 e. The summed E-state index contributed by atoms with van der Waals surface area (Å²) in [5.74, 6) is 0.918. The molecule has 0 saturated heterocycles. The van der Waals surface area contributed by atoms with E-state index in [4.69, 9.17) is 18.9 Å². The molecule has 0 radical (unpaired) electrons. The number of thiophene rings is 1. The summed E-state index contributed by atoms with van der Waals surface area (Å²) >= 11 is 2.73. The quantitative estimate of drug-likeness (QED) is 0.301. The van der Waals surface area contributed by atoms with Gasteiger partial charge >= 0.3 is 5.97 Å². The first-order valence-corrected chi connectivity index (χ1v) is 13.7. The SMILES string of the molecule is COc1cc(/C=c2/sc3n(c2=O)[C@@H](c2cccs2)C(C(=O)OCc2ccccc2)=C(C)N=3)cc(OC)c1OC. The van der Waals surface area contributed by atoms with E-state index in [1.807, 2.05) is 47.8 Å². The van der Waals surface area contributed by atoms with Crippen LogP contribution in [0.2, 0.25) is 0 Å². The summed E-state index contributed by atoms with van der Waals surface area (Å²) in [5.41, 5.74) is 2.18. The van der Waals surface area contributed by atoms with E-state index < -0.39 is 12.0 Å². The van der Waals surface area contributed by atoms with Gasteiger partial charge in [-0.05, 0) is 47.7 Å². The third kappa shape index (κ3) is 5.13. The zero-order valence-electron chi connectivity index (χ0n) is 21.8. The van der Waals surface area contributed by atoms with Crippen LogP contribution in [0.4, 0.5) is 0 Å². The number of esters is 1. The van der Waals surface area contributed by atoms with Crippen LogP contribution in [0.15, 0.2) is 81.0 Å². The summed E-state index contributed by atoms with van der Waals surface area (Å²) in [4.78, 5) is 33.3. The molecule has 10 heteroatoms. The van der Waals surface area contributed by atoms with Gasteiger partial charge in [-0.2, -0.15) is 0 Å². The molecule has 0 bridgehead atoms. The second kappa shape index (κ2) is 11.3. The van der Waals surface area contributed by atoms with Crippen molar-refractivity contribution in [3.63, 3.8) is 0 Å². The molecular weight excluding hydrogens is 536 g/mol. The van der Waals surface area contributed by atoms with Crippen molar-refractivity contribution < 1.29 is 23.7 Å². The molecule has 0 spiro atoms. The van der Waals surface area contributed by atoms with E-state index in [0.717, 1.165) is 10.4 Å². The number of nitrogens with zero attached hydrogens (tertiary/aromatic N) is 2. The number of fused-ring (bicyclic) bond motifs is 1. The van der Waals surface area contributed by atoms with E-state index in [0.29, 0.717) is 43.4 Å². The van der Waals surface area contributed by atoms with Gasteiger partial charge in [0.15, 0.2) is 16.3 Å². The summed E-state index contributed by atoms with van der Waals surface area (Å²) < 4.78 is 24.1. The second-order valence-electron chi connectivity index (χ2n) is 8.62. The predicted molar refractivity (Wildman–Crippen MR) is 150 cm³/mol. The average Bonchev–Trinajstić information content (AvgIpc) is 3.59. The van der Waals surface area contributed by atoms with Gasteiger partial charge in [-0.3, -0.25) is 9.36 Å². The summed E-state index contributed by atoms with van der Waals surface area (Å²) in [7, 11) is 4.61. The Balaban J connectivity index is 1.60. The molecule has 1 aliphatic heterocycles. The van der Waals surface area contributed by atoms with Crippen LogP contribution in [0, 0.1) is 0 Å². The molecule has 0 saturated carbocycles. The van der Waals surface area contributed by atoms with Crippen LogP contribution in [0.25, 0.3) is 6.08 Å². The van der Waals surface area contributed by atoms with E-state index in [1.165, 1.54) is 44.0 Å². The Morgan fingerprint density at radius 2 is 1.74 bits per heavy atom. The number of rotatable bonds is 8. The highest BCUT2D eigenvalue weighted by Gasteiger charge is 2.34. The molecule has 2 aromatic carbocycles. The first-order valence-electron chi connectivity index (χ1n) is 12.0. The molecular formula is C29H26N2O6S2. The molecule has 8 nitrogen and oxygen atoms in total. The van der Waals surface area contributed by atoms with E-state index in [9.17, 15) is 9.59 Å². The number of thiazole rings is 1. The van der Waals surface area contributed by atoms with Gasteiger partial charge in [0.05, 0.1) is 37.1 Å². The Bertz CT molecular complexity index is 1690. The molecule has 0 unspecified atom stereocenters. The first kappa shape index (κ1) is 26.5. The number of benzene rings is 2.